The van der Waals surface area contributed by atoms with Crippen LogP contribution in [0, 0.1) is 0 Å². The molecule has 1 fully saturated rings. The Bertz CT molecular complexity index is 674. The van der Waals surface area contributed by atoms with Gasteiger partial charge in [-0.2, -0.15) is 0 Å². The van der Waals surface area contributed by atoms with Crippen molar-refractivity contribution in [2.75, 3.05) is 6.61 Å². The standard InChI is InChI=1S/C19H27N3O2/c1-2-3-4-7-12-22-16-10-6-5-9-15(16)21-18(22)14-20-19(23)17-11-8-13-24-17/h5-6,9-10,17H,2-4,7-8,11-14H2,1H3,(H,20,23). The van der Waals surface area contributed by atoms with E-state index in [-0.39, 0.29) is 12.0 Å². The van der Waals surface area contributed by atoms with E-state index in [1.54, 1.807) is 0 Å². The molecule has 5 nitrogen and oxygen atoms in total. The number of carbonyl (C=O) groups excluding carboxylic acids is 1. The van der Waals surface area contributed by atoms with Crippen LogP contribution in [0.1, 0.15) is 51.3 Å². The molecule has 5 heteroatoms. The molecule has 1 aliphatic rings. The molecule has 1 unspecified atom stereocenters. The lowest BCUT2D eigenvalue weighted by Crippen LogP contribution is -2.34. The number of rotatable bonds is 8. The maximum absolute atomic E-state index is 12.2. The molecule has 0 bridgehead atoms. The van der Waals surface area contributed by atoms with Crippen LogP contribution in [0.4, 0.5) is 0 Å². The molecule has 0 radical (unpaired) electrons. The van der Waals surface area contributed by atoms with Crippen molar-refractivity contribution in [2.24, 2.45) is 0 Å². The summed E-state index contributed by atoms with van der Waals surface area (Å²) < 4.78 is 7.70. The third kappa shape index (κ3) is 3.96. The highest BCUT2D eigenvalue weighted by Gasteiger charge is 2.23. The highest BCUT2D eigenvalue weighted by molar-refractivity contribution is 5.81. The SMILES string of the molecule is CCCCCCn1c(CNC(=O)C2CCCO2)nc2ccccc21. The predicted octanol–water partition coefficient (Wildman–Crippen LogP) is 3.41. The molecule has 1 aromatic heterocycles. The number of hydrogen-bond donors (Lipinski definition) is 1. The summed E-state index contributed by atoms with van der Waals surface area (Å²) in [6.07, 6.45) is 6.36. The van der Waals surface area contributed by atoms with Gasteiger partial charge in [0.2, 0.25) is 5.91 Å². The zero-order chi connectivity index (χ0) is 16.8. The lowest BCUT2D eigenvalue weighted by atomic mass is 10.2. The van der Waals surface area contributed by atoms with Gasteiger partial charge in [-0.25, -0.2) is 4.98 Å². The van der Waals surface area contributed by atoms with Crippen LogP contribution in [-0.4, -0.2) is 28.2 Å². The Balaban J connectivity index is 1.69. The predicted molar refractivity (Wildman–Crippen MR) is 94.7 cm³/mol. The smallest absolute Gasteiger partial charge is 0.249 e. The molecule has 2 aromatic rings. The summed E-state index contributed by atoms with van der Waals surface area (Å²) in [4.78, 5) is 16.9. The van der Waals surface area contributed by atoms with Crippen LogP contribution in [0.2, 0.25) is 0 Å². The number of fused-ring (bicyclic) bond motifs is 1. The molecule has 1 aliphatic heterocycles. The van der Waals surface area contributed by atoms with Gasteiger partial charge in [0.15, 0.2) is 0 Å². The van der Waals surface area contributed by atoms with Gasteiger partial charge in [0.25, 0.3) is 0 Å². The molecule has 1 aromatic carbocycles. The highest BCUT2D eigenvalue weighted by atomic mass is 16.5. The second kappa shape index (κ2) is 8.29. The number of carbonyl (C=O) groups is 1. The van der Waals surface area contributed by atoms with Crippen molar-refractivity contribution in [3.8, 4) is 0 Å². The zero-order valence-electron chi connectivity index (χ0n) is 14.5. The Hall–Kier alpha value is -1.88. The molecule has 1 N–H and O–H groups in total. The summed E-state index contributed by atoms with van der Waals surface area (Å²) in [6, 6.07) is 8.18. The average molecular weight is 329 g/mol. The van der Waals surface area contributed by atoms with Crippen molar-refractivity contribution >= 4 is 16.9 Å². The minimum Gasteiger partial charge on any atom is -0.368 e. The summed E-state index contributed by atoms with van der Waals surface area (Å²) in [7, 11) is 0. The van der Waals surface area contributed by atoms with Crippen LogP contribution >= 0.6 is 0 Å². The number of ether oxygens (including phenoxy) is 1. The largest absolute Gasteiger partial charge is 0.368 e. The Kier molecular flexibility index (Phi) is 5.86. The van der Waals surface area contributed by atoms with Crippen molar-refractivity contribution in [3.05, 3.63) is 30.1 Å². The van der Waals surface area contributed by atoms with Gasteiger partial charge in [0, 0.05) is 13.2 Å². The number of unbranched alkanes of at least 4 members (excludes halogenated alkanes) is 3. The van der Waals surface area contributed by atoms with Crippen LogP contribution in [0.5, 0.6) is 0 Å². The highest BCUT2D eigenvalue weighted by Crippen LogP contribution is 2.18. The lowest BCUT2D eigenvalue weighted by Gasteiger charge is -2.12. The summed E-state index contributed by atoms with van der Waals surface area (Å²) >= 11 is 0. The monoisotopic (exact) mass is 329 g/mol. The van der Waals surface area contributed by atoms with Gasteiger partial charge < -0.3 is 14.6 Å². The molecule has 24 heavy (non-hydrogen) atoms. The molecule has 130 valence electrons. The summed E-state index contributed by atoms with van der Waals surface area (Å²) in [5, 5.41) is 3.00. The fourth-order valence-electron chi connectivity index (χ4n) is 3.27. The normalized spacial score (nSPS) is 17.5. The van der Waals surface area contributed by atoms with Gasteiger partial charge in [-0.15, -0.1) is 0 Å². The topological polar surface area (TPSA) is 56.2 Å². The van der Waals surface area contributed by atoms with E-state index in [9.17, 15) is 4.79 Å². The third-order valence-electron chi connectivity index (χ3n) is 4.61. The molecule has 0 aliphatic carbocycles. The second-order valence-electron chi connectivity index (χ2n) is 6.45. The molecule has 2 heterocycles. The number of nitrogens with zero attached hydrogens (tertiary/aromatic N) is 2. The fourth-order valence-corrected chi connectivity index (χ4v) is 3.27. The minimum atomic E-state index is -0.285. The van der Waals surface area contributed by atoms with Gasteiger partial charge in [0.05, 0.1) is 17.6 Å². The van der Waals surface area contributed by atoms with E-state index < -0.39 is 0 Å². The number of benzene rings is 1. The average Bonchev–Trinajstić information content (AvgIpc) is 3.25. The van der Waals surface area contributed by atoms with Crippen molar-refractivity contribution in [3.63, 3.8) is 0 Å². The van der Waals surface area contributed by atoms with Gasteiger partial charge in [-0.05, 0) is 31.4 Å². The van der Waals surface area contributed by atoms with Crippen LogP contribution in [0.15, 0.2) is 24.3 Å². The van der Waals surface area contributed by atoms with E-state index in [4.69, 9.17) is 9.72 Å². The summed E-state index contributed by atoms with van der Waals surface area (Å²) in [5.74, 6) is 0.913. The Labute approximate surface area is 143 Å². The van der Waals surface area contributed by atoms with Crippen molar-refractivity contribution in [2.45, 2.75) is 64.6 Å². The quantitative estimate of drug-likeness (QED) is 0.755. The lowest BCUT2D eigenvalue weighted by molar-refractivity contribution is -0.130. The first kappa shape index (κ1) is 17.0. The first-order chi connectivity index (χ1) is 11.8. The van der Waals surface area contributed by atoms with Gasteiger partial charge >= 0.3 is 0 Å². The van der Waals surface area contributed by atoms with Crippen molar-refractivity contribution in [1.29, 1.82) is 0 Å². The summed E-state index contributed by atoms with van der Waals surface area (Å²) in [6.45, 7) is 4.32. The van der Waals surface area contributed by atoms with E-state index in [1.807, 2.05) is 18.2 Å². The Morgan fingerprint density at radius 1 is 1.33 bits per heavy atom. The molecule has 1 saturated heterocycles. The number of imidazole rings is 1. The maximum atomic E-state index is 12.2. The molecule has 1 amide bonds. The fraction of sp³-hybridized carbons (Fsp3) is 0.579. The molecule has 0 saturated carbocycles. The van der Waals surface area contributed by atoms with E-state index in [1.165, 1.54) is 19.3 Å². The third-order valence-corrected chi connectivity index (χ3v) is 4.61. The zero-order valence-corrected chi connectivity index (χ0v) is 14.5. The number of aromatic nitrogens is 2. The van der Waals surface area contributed by atoms with Crippen molar-refractivity contribution in [1.82, 2.24) is 14.9 Å². The van der Waals surface area contributed by atoms with Crippen LogP contribution in [-0.2, 0) is 22.6 Å². The van der Waals surface area contributed by atoms with E-state index in [0.717, 1.165) is 42.7 Å². The number of nitrogens with one attached hydrogen (secondary N) is 1. The molecule has 3 rings (SSSR count). The maximum Gasteiger partial charge on any atom is 0.249 e. The van der Waals surface area contributed by atoms with E-state index in [2.05, 4.69) is 22.9 Å². The number of para-hydroxylation sites is 2. The minimum absolute atomic E-state index is 0.0166. The van der Waals surface area contributed by atoms with Crippen LogP contribution < -0.4 is 5.32 Å². The molecular formula is C19H27N3O2. The van der Waals surface area contributed by atoms with Gasteiger partial charge in [0.1, 0.15) is 11.9 Å². The molecule has 0 spiro atoms. The Morgan fingerprint density at radius 3 is 3.00 bits per heavy atom. The first-order valence-corrected chi connectivity index (χ1v) is 9.13. The Morgan fingerprint density at radius 2 is 2.21 bits per heavy atom. The van der Waals surface area contributed by atoms with Gasteiger partial charge in [-0.1, -0.05) is 38.3 Å². The van der Waals surface area contributed by atoms with Crippen LogP contribution in [0.3, 0.4) is 0 Å². The number of hydrogen-bond acceptors (Lipinski definition) is 3. The number of amides is 1. The molecular weight excluding hydrogens is 302 g/mol. The van der Waals surface area contributed by atoms with E-state index in [0.29, 0.717) is 13.2 Å². The van der Waals surface area contributed by atoms with E-state index >= 15 is 0 Å². The summed E-state index contributed by atoms with van der Waals surface area (Å²) in [5.41, 5.74) is 2.14. The first-order valence-electron chi connectivity index (χ1n) is 9.13. The molecule has 1 atom stereocenters. The van der Waals surface area contributed by atoms with Gasteiger partial charge in [-0.3, -0.25) is 4.79 Å². The number of aryl methyl sites for hydroxylation is 1. The van der Waals surface area contributed by atoms with Crippen LogP contribution in [0.25, 0.3) is 11.0 Å². The van der Waals surface area contributed by atoms with Crippen molar-refractivity contribution < 1.29 is 9.53 Å². The second-order valence-corrected chi connectivity index (χ2v) is 6.45.